The zero-order valence-electron chi connectivity index (χ0n) is 11.4. The summed E-state index contributed by atoms with van der Waals surface area (Å²) in [5.74, 6) is -0.457. The molecule has 1 aromatic heterocycles. The summed E-state index contributed by atoms with van der Waals surface area (Å²) >= 11 is 4.94. The molecule has 1 aromatic carbocycles. The van der Waals surface area contributed by atoms with E-state index in [1.165, 1.54) is 0 Å². The van der Waals surface area contributed by atoms with Gasteiger partial charge in [-0.2, -0.15) is 0 Å². The molecular formula is C15H15BrN2O2S. The Kier molecular flexibility index (Phi) is 5.52. The monoisotopic (exact) mass is 366 g/mol. The van der Waals surface area contributed by atoms with Crippen molar-refractivity contribution >= 4 is 39.1 Å². The van der Waals surface area contributed by atoms with E-state index in [-0.39, 0.29) is 11.8 Å². The number of thiophene rings is 1. The third kappa shape index (κ3) is 4.68. The lowest BCUT2D eigenvalue weighted by molar-refractivity contribution is -0.122. The second-order valence-corrected chi connectivity index (χ2v) is 7.03. The molecule has 110 valence electrons. The van der Waals surface area contributed by atoms with Gasteiger partial charge in [0, 0.05) is 10.4 Å². The summed E-state index contributed by atoms with van der Waals surface area (Å²) in [6, 6.07) is 12.1. The molecule has 2 rings (SSSR count). The van der Waals surface area contributed by atoms with Gasteiger partial charge >= 0.3 is 0 Å². The topological polar surface area (TPSA) is 58.2 Å². The summed E-state index contributed by atoms with van der Waals surface area (Å²) in [5, 5.41) is 5.49. The first-order valence-electron chi connectivity index (χ1n) is 6.44. The van der Waals surface area contributed by atoms with E-state index in [0.717, 1.165) is 8.66 Å². The second-order valence-electron chi connectivity index (χ2n) is 4.48. The minimum atomic E-state index is -0.582. The van der Waals surface area contributed by atoms with Gasteiger partial charge in [0.1, 0.15) is 6.04 Å². The maximum atomic E-state index is 12.0. The van der Waals surface area contributed by atoms with Crippen LogP contribution in [0.2, 0.25) is 0 Å². The highest BCUT2D eigenvalue weighted by Crippen LogP contribution is 2.21. The van der Waals surface area contributed by atoms with Gasteiger partial charge in [-0.1, -0.05) is 18.2 Å². The van der Waals surface area contributed by atoms with Crippen molar-refractivity contribution in [3.63, 3.8) is 0 Å². The molecule has 0 aliphatic rings. The highest BCUT2D eigenvalue weighted by molar-refractivity contribution is 9.11. The smallest absolute Gasteiger partial charge is 0.251 e. The van der Waals surface area contributed by atoms with Crippen molar-refractivity contribution in [3.05, 3.63) is 56.7 Å². The van der Waals surface area contributed by atoms with E-state index in [1.54, 1.807) is 42.5 Å². The van der Waals surface area contributed by atoms with Crippen LogP contribution in [-0.4, -0.2) is 17.9 Å². The number of benzene rings is 1. The molecule has 0 fully saturated rings. The van der Waals surface area contributed by atoms with E-state index < -0.39 is 6.04 Å². The first-order valence-corrected chi connectivity index (χ1v) is 8.05. The number of halogens is 1. The minimum absolute atomic E-state index is 0.205. The Labute approximate surface area is 135 Å². The Morgan fingerprint density at radius 2 is 1.90 bits per heavy atom. The van der Waals surface area contributed by atoms with Gasteiger partial charge in [-0.15, -0.1) is 11.3 Å². The van der Waals surface area contributed by atoms with Gasteiger partial charge in [-0.25, -0.2) is 0 Å². The molecule has 4 nitrogen and oxygen atoms in total. The average molecular weight is 367 g/mol. The van der Waals surface area contributed by atoms with E-state index in [9.17, 15) is 9.59 Å². The van der Waals surface area contributed by atoms with Crippen molar-refractivity contribution in [1.29, 1.82) is 0 Å². The third-order valence-corrected chi connectivity index (χ3v) is 4.47. The normalized spacial score (nSPS) is 11.7. The number of nitrogens with one attached hydrogen (secondary N) is 2. The zero-order chi connectivity index (χ0) is 15.2. The average Bonchev–Trinajstić information content (AvgIpc) is 2.91. The van der Waals surface area contributed by atoms with Crippen LogP contribution in [0.25, 0.3) is 0 Å². The summed E-state index contributed by atoms with van der Waals surface area (Å²) in [6.45, 7) is 2.13. The summed E-state index contributed by atoms with van der Waals surface area (Å²) < 4.78 is 1.03. The van der Waals surface area contributed by atoms with Crippen LogP contribution in [0.15, 0.2) is 46.3 Å². The SMILES string of the molecule is CC(NC(=O)c1ccccc1)C(=O)NCc1ccc(Br)s1. The van der Waals surface area contributed by atoms with Crippen LogP contribution in [0.3, 0.4) is 0 Å². The Morgan fingerprint density at radius 3 is 2.52 bits per heavy atom. The Bertz CT molecular complexity index is 628. The fourth-order valence-corrected chi connectivity index (χ4v) is 3.13. The highest BCUT2D eigenvalue weighted by Gasteiger charge is 2.16. The van der Waals surface area contributed by atoms with Crippen LogP contribution in [0.1, 0.15) is 22.2 Å². The van der Waals surface area contributed by atoms with Crippen LogP contribution in [-0.2, 0) is 11.3 Å². The van der Waals surface area contributed by atoms with E-state index in [0.29, 0.717) is 12.1 Å². The number of rotatable bonds is 5. The van der Waals surface area contributed by atoms with E-state index in [2.05, 4.69) is 26.6 Å². The van der Waals surface area contributed by atoms with Crippen molar-refractivity contribution < 1.29 is 9.59 Å². The fourth-order valence-electron chi connectivity index (χ4n) is 1.71. The number of hydrogen-bond donors (Lipinski definition) is 2. The fraction of sp³-hybridized carbons (Fsp3) is 0.200. The van der Waals surface area contributed by atoms with Crippen LogP contribution >= 0.6 is 27.3 Å². The molecule has 0 saturated carbocycles. The van der Waals surface area contributed by atoms with Gasteiger partial charge in [0.25, 0.3) is 5.91 Å². The van der Waals surface area contributed by atoms with Crippen LogP contribution in [0, 0.1) is 0 Å². The number of hydrogen-bond acceptors (Lipinski definition) is 3. The van der Waals surface area contributed by atoms with Gasteiger partial charge in [0.2, 0.25) is 5.91 Å². The Morgan fingerprint density at radius 1 is 1.19 bits per heavy atom. The molecule has 2 amide bonds. The van der Waals surface area contributed by atoms with Gasteiger partial charge in [0.05, 0.1) is 10.3 Å². The van der Waals surface area contributed by atoms with Gasteiger partial charge in [0.15, 0.2) is 0 Å². The molecular weight excluding hydrogens is 352 g/mol. The molecule has 2 N–H and O–H groups in total. The summed E-state index contributed by atoms with van der Waals surface area (Å²) in [6.07, 6.45) is 0. The van der Waals surface area contributed by atoms with Crippen molar-refractivity contribution in [1.82, 2.24) is 10.6 Å². The van der Waals surface area contributed by atoms with Gasteiger partial charge < -0.3 is 10.6 Å². The predicted molar refractivity (Wildman–Crippen MR) is 87.2 cm³/mol. The lowest BCUT2D eigenvalue weighted by Crippen LogP contribution is -2.44. The molecule has 21 heavy (non-hydrogen) atoms. The van der Waals surface area contributed by atoms with E-state index >= 15 is 0 Å². The Balaban J connectivity index is 1.83. The molecule has 0 aliphatic carbocycles. The van der Waals surface area contributed by atoms with Crippen LogP contribution in [0.5, 0.6) is 0 Å². The quantitative estimate of drug-likeness (QED) is 0.854. The Hall–Kier alpha value is -1.66. The summed E-state index contributed by atoms with van der Waals surface area (Å²) in [5.41, 5.74) is 0.541. The number of carbonyl (C=O) groups excluding carboxylic acids is 2. The van der Waals surface area contributed by atoms with Crippen molar-refractivity contribution in [2.45, 2.75) is 19.5 Å². The molecule has 0 aliphatic heterocycles. The molecule has 1 heterocycles. The highest BCUT2D eigenvalue weighted by atomic mass is 79.9. The molecule has 0 saturated heterocycles. The predicted octanol–water partition coefficient (Wildman–Crippen LogP) is 2.95. The van der Waals surface area contributed by atoms with E-state index in [1.807, 2.05) is 18.2 Å². The lowest BCUT2D eigenvalue weighted by atomic mass is 10.2. The molecule has 0 bridgehead atoms. The third-order valence-electron chi connectivity index (χ3n) is 2.84. The van der Waals surface area contributed by atoms with Gasteiger partial charge in [-0.05, 0) is 47.1 Å². The summed E-state index contributed by atoms with van der Waals surface area (Å²) in [4.78, 5) is 25.0. The van der Waals surface area contributed by atoms with Crippen LogP contribution < -0.4 is 10.6 Å². The largest absolute Gasteiger partial charge is 0.349 e. The maximum Gasteiger partial charge on any atom is 0.251 e. The first-order chi connectivity index (χ1) is 10.1. The second kappa shape index (κ2) is 7.38. The minimum Gasteiger partial charge on any atom is -0.349 e. The number of carbonyl (C=O) groups is 2. The molecule has 6 heteroatoms. The lowest BCUT2D eigenvalue weighted by Gasteiger charge is -2.13. The molecule has 0 radical (unpaired) electrons. The molecule has 1 atom stereocenters. The maximum absolute atomic E-state index is 12.0. The molecule has 1 unspecified atom stereocenters. The van der Waals surface area contributed by atoms with Crippen LogP contribution in [0.4, 0.5) is 0 Å². The molecule has 2 aromatic rings. The molecule has 0 spiro atoms. The van der Waals surface area contributed by atoms with Crippen molar-refractivity contribution in [2.75, 3.05) is 0 Å². The zero-order valence-corrected chi connectivity index (χ0v) is 13.8. The standard InChI is InChI=1S/C15H15BrN2O2S/c1-10(18-15(20)11-5-3-2-4-6-11)14(19)17-9-12-7-8-13(16)21-12/h2-8,10H,9H2,1H3,(H,17,19)(H,18,20). The van der Waals surface area contributed by atoms with Crippen molar-refractivity contribution in [2.24, 2.45) is 0 Å². The first kappa shape index (κ1) is 15.7. The van der Waals surface area contributed by atoms with E-state index in [4.69, 9.17) is 0 Å². The number of amides is 2. The van der Waals surface area contributed by atoms with Crippen molar-refractivity contribution in [3.8, 4) is 0 Å². The van der Waals surface area contributed by atoms with Gasteiger partial charge in [-0.3, -0.25) is 9.59 Å². The summed E-state index contributed by atoms with van der Waals surface area (Å²) in [7, 11) is 0.